The second-order valence-electron chi connectivity index (χ2n) is 8.63. The maximum atomic E-state index is 13.3. The molecule has 0 aliphatic rings. The molecule has 0 radical (unpaired) electrons. The Bertz CT molecular complexity index is 1510. The molecule has 1 heterocycles. The summed E-state index contributed by atoms with van der Waals surface area (Å²) in [5, 5.41) is 8.03. The average Bonchev–Trinajstić information content (AvgIpc) is 2.98. The molecule has 0 spiro atoms. The van der Waals surface area contributed by atoms with Crippen molar-refractivity contribution in [3.8, 4) is 5.75 Å². The van der Waals surface area contributed by atoms with Crippen LogP contribution in [-0.4, -0.2) is 35.1 Å². The first-order valence-electron chi connectivity index (χ1n) is 12.4. The molecule has 9 heteroatoms. The molecule has 1 atom stereocenters. The van der Waals surface area contributed by atoms with Crippen LogP contribution < -0.4 is 20.7 Å². The van der Waals surface area contributed by atoms with Gasteiger partial charge in [-0.2, -0.15) is 0 Å². The highest BCUT2D eigenvalue weighted by molar-refractivity contribution is 8.00. The lowest BCUT2D eigenvalue weighted by Crippen LogP contribution is -2.30. The fraction of sp³-hybridized carbons (Fsp3) is 0.0968. The van der Waals surface area contributed by atoms with Gasteiger partial charge in [0, 0.05) is 40.3 Å². The molecule has 0 fully saturated rings. The molecular formula is C31H28N4O4S. The minimum Gasteiger partial charge on any atom is -0.497 e. The summed E-state index contributed by atoms with van der Waals surface area (Å²) in [4.78, 5) is 43.7. The normalized spacial score (nSPS) is 11.7. The summed E-state index contributed by atoms with van der Waals surface area (Å²) in [5.74, 6) is -0.429. The predicted molar refractivity (Wildman–Crippen MR) is 158 cm³/mol. The lowest BCUT2D eigenvalue weighted by Gasteiger charge is -2.14. The number of hydrogen-bond acceptors (Lipinski definition) is 6. The zero-order valence-electron chi connectivity index (χ0n) is 22.0. The number of amides is 3. The van der Waals surface area contributed by atoms with Gasteiger partial charge in [0.05, 0.1) is 12.4 Å². The molecule has 3 N–H and O–H groups in total. The summed E-state index contributed by atoms with van der Waals surface area (Å²) >= 11 is 1.35. The van der Waals surface area contributed by atoms with Crippen LogP contribution in [0.1, 0.15) is 22.8 Å². The highest BCUT2D eigenvalue weighted by Crippen LogP contribution is 2.27. The van der Waals surface area contributed by atoms with Gasteiger partial charge in [-0.25, -0.2) is 0 Å². The smallest absolute Gasteiger partial charge is 0.272 e. The van der Waals surface area contributed by atoms with E-state index in [4.69, 9.17) is 4.74 Å². The van der Waals surface area contributed by atoms with Crippen molar-refractivity contribution in [2.24, 2.45) is 0 Å². The Morgan fingerprint density at radius 3 is 2.35 bits per heavy atom. The molecule has 0 aliphatic heterocycles. The molecule has 4 aromatic rings. The zero-order valence-corrected chi connectivity index (χ0v) is 22.8. The van der Waals surface area contributed by atoms with Gasteiger partial charge in [-0.1, -0.05) is 36.4 Å². The summed E-state index contributed by atoms with van der Waals surface area (Å²) in [7, 11) is 1.57. The molecule has 3 aromatic carbocycles. The number of carbonyl (C=O) groups excluding carboxylic acids is 3. The Balaban J connectivity index is 1.45. The van der Waals surface area contributed by atoms with Crippen LogP contribution in [0, 0.1) is 0 Å². The number of thioether (sulfide) groups is 1. The van der Waals surface area contributed by atoms with Crippen molar-refractivity contribution >= 4 is 46.9 Å². The van der Waals surface area contributed by atoms with E-state index in [0.717, 1.165) is 4.90 Å². The second-order valence-corrected chi connectivity index (χ2v) is 10.0. The highest BCUT2D eigenvalue weighted by atomic mass is 32.2. The van der Waals surface area contributed by atoms with Gasteiger partial charge in [0.2, 0.25) is 5.91 Å². The van der Waals surface area contributed by atoms with Crippen molar-refractivity contribution in [2.45, 2.75) is 17.1 Å². The first-order valence-corrected chi connectivity index (χ1v) is 13.3. The van der Waals surface area contributed by atoms with Crippen molar-refractivity contribution in [1.82, 2.24) is 10.3 Å². The summed E-state index contributed by atoms with van der Waals surface area (Å²) in [6.07, 6.45) is 4.78. The van der Waals surface area contributed by atoms with Crippen LogP contribution in [0.3, 0.4) is 0 Å². The van der Waals surface area contributed by atoms with Gasteiger partial charge in [0.1, 0.15) is 11.4 Å². The number of hydrogen-bond donors (Lipinski definition) is 3. The van der Waals surface area contributed by atoms with Gasteiger partial charge in [0.15, 0.2) is 0 Å². The molecule has 0 saturated heterocycles. The van der Waals surface area contributed by atoms with E-state index in [1.807, 2.05) is 12.1 Å². The molecule has 3 amide bonds. The Labute approximate surface area is 236 Å². The number of anilines is 2. The molecular weight excluding hydrogens is 524 g/mol. The fourth-order valence-electron chi connectivity index (χ4n) is 3.62. The quantitative estimate of drug-likeness (QED) is 0.174. The number of benzene rings is 3. The SMILES string of the molecule is COc1cccc(NC(=O)C(C)Sc2cccc(NC(=O)/C(=C/c3cccnc3)NC(=O)c3ccccc3)c2)c1. The molecule has 0 bridgehead atoms. The van der Waals surface area contributed by atoms with Crippen molar-refractivity contribution in [3.05, 3.63) is 120 Å². The maximum Gasteiger partial charge on any atom is 0.272 e. The molecule has 202 valence electrons. The largest absolute Gasteiger partial charge is 0.497 e. The number of aromatic nitrogens is 1. The van der Waals surface area contributed by atoms with E-state index in [1.165, 1.54) is 11.8 Å². The second kappa shape index (κ2) is 13.8. The van der Waals surface area contributed by atoms with E-state index in [0.29, 0.717) is 28.3 Å². The number of ether oxygens (including phenoxy) is 1. The van der Waals surface area contributed by atoms with Crippen LogP contribution in [0.4, 0.5) is 11.4 Å². The van der Waals surface area contributed by atoms with Gasteiger partial charge >= 0.3 is 0 Å². The number of methoxy groups -OCH3 is 1. The topological polar surface area (TPSA) is 109 Å². The van der Waals surface area contributed by atoms with Crippen LogP contribution in [0.25, 0.3) is 6.08 Å². The molecule has 40 heavy (non-hydrogen) atoms. The van der Waals surface area contributed by atoms with Crippen LogP contribution in [0.5, 0.6) is 5.75 Å². The summed E-state index contributed by atoms with van der Waals surface area (Å²) < 4.78 is 5.21. The number of nitrogens with one attached hydrogen (secondary N) is 3. The van der Waals surface area contributed by atoms with E-state index < -0.39 is 17.1 Å². The Morgan fingerprint density at radius 2 is 1.62 bits per heavy atom. The molecule has 4 rings (SSSR count). The van der Waals surface area contributed by atoms with Gasteiger partial charge < -0.3 is 20.7 Å². The Morgan fingerprint density at radius 1 is 0.875 bits per heavy atom. The fourth-order valence-corrected chi connectivity index (χ4v) is 4.54. The highest BCUT2D eigenvalue weighted by Gasteiger charge is 2.17. The van der Waals surface area contributed by atoms with Crippen molar-refractivity contribution in [2.75, 3.05) is 17.7 Å². The molecule has 1 aromatic heterocycles. The van der Waals surface area contributed by atoms with Crippen LogP contribution in [0.15, 0.2) is 114 Å². The minimum absolute atomic E-state index is 0.0611. The summed E-state index contributed by atoms with van der Waals surface area (Å²) in [5.41, 5.74) is 2.30. The predicted octanol–water partition coefficient (Wildman–Crippen LogP) is 5.62. The summed E-state index contributed by atoms with van der Waals surface area (Å²) in [6, 6.07) is 26.5. The minimum atomic E-state index is -0.501. The van der Waals surface area contributed by atoms with E-state index in [-0.39, 0.29) is 11.6 Å². The standard InChI is InChI=1S/C31H28N4O4S/c1-21(29(36)33-24-12-6-14-26(18-24)39-2)40-27-15-7-13-25(19-27)34-31(38)28(17-22-9-8-16-32-20-22)35-30(37)23-10-4-3-5-11-23/h3-21H,1-2H3,(H,33,36)(H,34,38)(H,35,37)/b28-17-. The number of rotatable bonds is 10. The third-order valence-corrected chi connectivity index (χ3v) is 6.73. The lowest BCUT2D eigenvalue weighted by atomic mass is 10.2. The zero-order chi connectivity index (χ0) is 28.3. The first kappa shape index (κ1) is 28.1. The van der Waals surface area contributed by atoms with E-state index >= 15 is 0 Å². The van der Waals surface area contributed by atoms with E-state index in [2.05, 4.69) is 20.9 Å². The molecule has 8 nitrogen and oxygen atoms in total. The molecule has 0 aliphatic carbocycles. The Hall–Kier alpha value is -4.89. The maximum absolute atomic E-state index is 13.3. The van der Waals surface area contributed by atoms with Gasteiger partial charge in [-0.3, -0.25) is 19.4 Å². The molecule has 0 saturated carbocycles. The van der Waals surface area contributed by atoms with Gasteiger partial charge in [-0.05, 0) is 67.1 Å². The van der Waals surface area contributed by atoms with Gasteiger partial charge in [0.25, 0.3) is 11.8 Å². The molecule has 1 unspecified atom stereocenters. The van der Waals surface area contributed by atoms with Crippen LogP contribution >= 0.6 is 11.8 Å². The summed E-state index contributed by atoms with van der Waals surface area (Å²) in [6.45, 7) is 1.80. The van der Waals surface area contributed by atoms with Crippen LogP contribution in [-0.2, 0) is 9.59 Å². The van der Waals surface area contributed by atoms with Gasteiger partial charge in [-0.15, -0.1) is 11.8 Å². The monoisotopic (exact) mass is 552 g/mol. The van der Waals surface area contributed by atoms with Crippen molar-refractivity contribution in [3.63, 3.8) is 0 Å². The van der Waals surface area contributed by atoms with Crippen molar-refractivity contribution < 1.29 is 19.1 Å². The first-order chi connectivity index (χ1) is 19.4. The Kier molecular flexibility index (Phi) is 9.68. The number of pyridine rings is 1. The number of nitrogens with zero attached hydrogens (tertiary/aromatic N) is 1. The van der Waals surface area contributed by atoms with E-state index in [1.54, 1.807) is 111 Å². The van der Waals surface area contributed by atoms with Crippen molar-refractivity contribution in [1.29, 1.82) is 0 Å². The third kappa shape index (κ3) is 8.05. The van der Waals surface area contributed by atoms with E-state index in [9.17, 15) is 14.4 Å². The van der Waals surface area contributed by atoms with Crippen LogP contribution in [0.2, 0.25) is 0 Å². The number of carbonyl (C=O) groups is 3. The average molecular weight is 553 g/mol. The third-order valence-electron chi connectivity index (χ3n) is 5.64. The lowest BCUT2D eigenvalue weighted by molar-refractivity contribution is -0.115.